The number of rotatable bonds is 5. The number of benzene rings is 2. The Bertz CT molecular complexity index is 535. The molecule has 0 aliphatic carbocycles. The van der Waals surface area contributed by atoms with Crippen LogP contribution in [0.1, 0.15) is 37.8 Å². The van der Waals surface area contributed by atoms with Crippen molar-refractivity contribution < 1.29 is 4.79 Å². The Balaban J connectivity index is 0.000000677. The number of aryl methyl sites for hydroxylation is 1. The Morgan fingerprint density at radius 3 is 2.10 bits per heavy atom. The minimum absolute atomic E-state index is 0.250. The summed E-state index contributed by atoms with van der Waals surface area (Å²) in [6, 6.07) is 17.5. The molecule has 0 heterocycles. The molecule has 0 fully saturated rings. The number of hydrogen-bond acceptors (Lipinski definition) is 1. The van der Waals surface area contributed by atoms with Crippen LogP contribution in [0.2, 0.25) is 0 Å². The molecule has 0 spiro atoms. The SMILES string of the molecule is CCCc1cccc(-c2ccccc2)c1CCC.NC=O. The maximum atomic E-state index is 8.58. The molecular weight excluding hydrogens is 258 g/mol. The summed E-state index contributed by atoms with van der Waals surface area (Å²) in [6.07, 6.45) is 5.05. The first-order valence-electron chi connectivity index (χ1n) is 7.60. The molecule has 0 bridgehead atoms. The van der Waals surface area contributed by atoms with Gasteiger partial charge in [0, 0.05) is 0 Å². The van der Waals surface area contributed by atoms with Crippen molar-refractivity contribution in [1.82, 2.24) is 0 Å². The van der Waals surface area contributed by atoms with Gasteiger partial charge < -0.3 is 5.73 Å². The second-order valence-corrected chi connectivity index (χ2v) is 4.95. The molecule has 2 aromatic rings. The highest BCUT2D eigenvalue weighted by molar-refractivity contribution is 5.68. The highest BCUT2D eigenvalue weighted by atomic mass is 16.1. The van der Waals surface area contributed by atoms with Crippen molar-refractivity contribution >= 4 is 6.41 Å². The van der Waals surface area contributed by atoms with Crippen LogP contribution in [0.3, 0.4) is 0 Å². The van der Waals surface area contributed by atoms with E-state index in [0.717, 1.165) is 0 Å². The standard InChI is InChI=1S/C18H22.CH3NO/c1-3-9-15-13-8-14-18(17(15)10-4-2)16-11-6-5-7-12-16;2-1-3/h5-8,11-14H,3-4,9-10H2,1-2H3;1H,(H2,2,3). The molecule has 0 unspecified atom stereocenters. The highest BCUT2D eigenvalue weighted by Crippen LogP contribution is 2.28. The Morgan fingerprint density at radius 2 is 1.52 bits per heavy atom. The summed E-state index contributed by atoms with van der Waals surface area (Å²) in [5.74, 6) is 0. The molecule has 2 heteroatoms. The second-order valence-electron chi connectivity index (χ2n) is 4.95. The molecule has 0 saturated heterocycles. The van der Waals surface area contributed by atoms with Crippen LogP contribution in [-0.4, -0.2) is 6.41 Å². The minimum Gasteiger partial charge on any atom is -0.372 e. The fraction of sp³-hybridized carbons (Fsp3) is 0.316. The molecule has 2 nitrogen and oxygen atoms in total. The zero-order valence-corrected chi connectivity index (χ0v) is 13.0. The van der Waals surface area contributed by atoms with E-state index < -0.39 is 0 Å². The molecular formula is C19H25NO. The number of primary amides is 1. The lowest BCUT2D eigenvalue weighted by atomic mass is 9.91. The number of carbonyl (C=O) groups excluding carboxylic acids is 1. The predicted octanol–water partition coefficient (Wildman–Crippen LogP) is 4.36. The number of hydrogen-bond donors (Lipinski definition) is 1. The van der Waals surface area contributed by atoms with Gasteiger partial charge in [-0.15, -0.1) is 0 Å². The summed E-state index contributed by atoms with van der Waals surface area (Å²) in [7, 11) is 0. The quantitative estimate of drug-likeness (QED) is 0.814. The third-order valence-corrected chi connectivity index (χ3v) is 3.38. The number of nitrogens with two attached hydrogens (primary N) is 1. The van der Waals surface area contributed by atoms with Gasteiger partial charge in [-0.1, -0.05) is 75.2 Å². The van der Waals surface area contributed by atoms with Crippen LogP contribution in [0.5, 0.6) is 0 Å². The minimum atomic E-state index is 0.250. The molecule has 2 rings (SSSR count). The molecule has 0 atom stereocenters. The molecule has 0 aliphatic rings. The average Bonchev–Trinajstić information content (AvgIpc) is 2.51. The van der Waals surface area contributed by atoms with Crippen molar-refractivity contribution in [2.24, 2.45) is 5.73 Å². The third-order valence-electron chi connectivity index (χ3n) is 3.38. The van der Waals surface area contributed by atoms with Gasteiger partial charge in [0.2, 0.25) is 6.41 Å². The molecule has 2 aromatic carbocycles. The average molecular weight is 283 g/mol. The Morgan fingerprint density at radius 1 is 0.905 bits per heavy atom. The zero-order chi connectivity index (χ0) is 15.5. The topological polar surface area (TPSA) is 43.1 Å². The fourth-order valence-electron chi connectivity index (χ4n) is 2.57. The van der Waals surface area contributed by atoms with E-state index in [9.17, 15) is 0 Å². The Kier molecular flexibility index (Phi) is 7.88. The molecule has 0 saturated carbocycles. The van der Waals surface area contributed by atoms with Crippen LogP contribution in [0, 0.1) is 0 Å². The van der Waals surface area contributed by atoms with Gasteiger partial charge in [-0.25, -0.2) is 0 Å². The normalized spacial score (nSPS) is 9.62. The maximum absolute atomic E-state index is 8.58. The summed E-state index contributed by atoms with van der Waals surface area (Å²) in [6.45, 7) is 4.52. The van der Waals surface area contributed by atoms with E-state index in [1.165, 1.54) is 42.4 Å². The molecule has 0 radical (unpaired) electrons. The van der Waals surface area contributed by atoms with Crippen LogP contribution < -0.4 is 5.73 Å². The first-order chi connectivity index (χ1) is 10.3. The number of amides is 1. The number of carbonyl (C=O) groups is 1. The van der Waals surface area contributed by atoms with Crippen LogP contribution in [-0.2, 0) is 17.6 Å². The van der Waals surface area contributed by atoms with Crippen LogP contribution in [0.4, 0.5) is 0 Å². The summed E-state index contributed by atoms with van der Waals surface area (Å²) in [5.41, 5.74) is 10.0. The summed E-state index contributed by atoms with van der Waals surface area (Å²) in [5, 5.41) is 0. The lowest BCUT2D eigenvalue weighted by Gasteiger charge is -2.14. The van der Waals surface area contributed by atoms with Crippen LogP contribution in [0.25, 0.3) is 11.1 Å². The van der Waals surface area contributed by atoms with Gasteiger partial charge >= 0.3 is 0 Å². The molecule has 2 N–H and O–H groups in total. The smallest absolute Gasteiger partial charge is 0.204 e. The van der Waals surface area contributed by atoms with Crippen molar-refractivity contribution in [3.63, 3.8) is 0 Å². The van der Waals surface area contributed by atoms with E-state index in [2.05, 4.69) is 68.1 Å². The zero-order valence-electron chi connectivity index (χ0n) is 13.0. The fourth-order valence-corrected chi connectivity index (χ4v) is 2.57. The van der Waals surface area contributed by atoms with E-state index in [1.54, 1.807) is 5.56 Å². The first kappa shape index (κ1) is 17.0. The van der Waals surface area contributed by atoms with Crippen molar-refractivity contribution in [3.05, 3.63) is 59.7 Å². The van der Waals surface area contributed by atoms with Crippen molar-refractivity contribution in [3.8, 4) is 11.1 Å². The van der Waals surface area contributed by atoms with Crippen molar-refractivity contribution in [2.45, 2.75) is 39.5 Å². The first-order valence-corrected chi connectivity index (χ1v) is 7.60. The molecule has 21 heavy (non-hydrogen) atoms. The van der Waals surface area contributed by atoms with E-state index >= 15 is 0 Å². The monoisotopic (exact) mass is 283 g/mol. The van der Waals surface area contributed by atoms with Crippen LogP contribution in [0.15, 0.2) is 48.5 Å². The summed E-state index contributed by atoms with van der Waals surface area (Å²) in [4.78, 5) is 8.58. The van der Waals surface area contributed by atoms with E-state index in [1.807, 2.05) is 0 Å². The van der Waals surface area contributed by atoms with E-state index in [4.69, 9.17) is 4.79 Å². The Hall–Kier alpha value is -2.09. The summed E-state index contributed by atoms with van der Waals surface area (Å²) < 4.78 is 0. The highest BCUT2D eigenvalue weighted by Gasteiger charge is 2.08. The van der Waals surface area contributed by atoms with Crippen molar-refractivity contribution in [1.29, 1.82) is 0 Å². The lowest BCUT2D eigenvalue weighted by Crippen LogP contribution is -1.97. The van der Waals surface area contributed by atoms with Gasteiger partial charge in [0.15, 0.2) is 0 Å². The van der Waals surface area contributed by atoms with Crippen molar-refractivity contribution in [2.75, 3.05) is 0 Å². The second kappa shape index (κ2) is 9.76. The third kappa shape index (κ3) is 5.07. The van der Waals surface area contributed by atoms with Gasteiger partial charge in [0.25, 0.3) is 0 Å². The predicted molar refractivity (Wildman–Crippen MR) is 90.1 cm³/mol. The van der Waals surface area contributed by atoms with E-state index in [0.29, 0.717) is 0 Å². The van der Waals surface area contributed by atoms with Gasteiger partial charge in [0.1, 0.15) is 0 Å². The van der Waals surface area contributed by atoms with E-state index in [-0.39, 0.29) is 6.41 Å². The maximum Gasteiger partial charge on any atom is 0.204 e. The summed E-state index contributed by atoms with van der Waals surface area (Å²) >= 11 is 0. The van der Waals surface area contributed by atoms with Gasteiger partial charge in [-0.2, -0.15) is 0 Å². The molecule has 112 valence electrons. The van der Waals surface area contributed by atoms with Gasteiger partial charge in [-0.3, -0.25) is 4.79 Å². The molecule has 0 aliphatic heterocycles. The van der Waals surface area contributed by atoms with Gasteiger partial charge in [0.05, 0.1) is 0 Å². The Labute approximate surface area is 128 Å². The lowest BCUT2D eigenvalue weighted by molar-refractivity contribution is -0.106. The molecule has 0 aromatic heterocycles. The van der Waals surface area contributed by atoms with Gasteiger partial charge in [-0.05, 0) is 35.1 Å². The largest absolute Gasteiger partial charge is 0.372 e. The molecule has 1 amide bonds. The van der Waals surface area contributed by atoms with Crippen LogP contribution >= 0.6 is 0 Å².